The van der Waals surface area contributed by atoms with E-state index in [-0.39, 0.29) is 5.75 Å². The summed E-state index contributed by atoms with van der Waals surface area (Å²) in [4.78, 5) is 11.5. The molecular weight excluding hydrogens is 291 g/mol. The summed E-state index contributed by atoms with van der Waals surface area (Å²) in [6.45, 7) is 0. The summed E-state index contributed by atoms with van der Waals surface area (Å²) < 4.78 is 19.4. The zero-order valence-corrected chi connectivity index (χ0v) is 12.1. The molecule has 21 heavy (non-hydrogen) atoms. The number of carboxylic acid groups (broad SMARTS) is 1. The molecular formula is C16H13FO3S. The molecule has 0 atom stereocenters. The van der Waals surface area contributed by atoms with Crippen molar-refractivity contribution in [3.63, 3.8) is 0 Å². The molecule has 2 rings (SSSR count). The monoisotopic (exact) mass is 304 g/mol. The third-order valence-electron chi connectivity index (χ3n) is 2.66. The van der Waals surface area contributed by atoms with Crippen LogP contribution in [0.5, 0.6) is 11.5 Å². The van der Waals surface area contributed by atoms with Crippen molar-refractivity contribution < 1.29 is 19.0 Å². The summed E-state index contributed by atoms with van der Waals surface area (Å²) in [5, 5.41) is 8.53. The molecule has 2 aromatic carbocycles. The average molecular weight is 304 g/mol. The second-order valence-electron chi connectivity index (χ2n) is 4.14. The third-order valence-corrected chi connectivity index (χ3v) is 3.41. The fourth-order valence-electron chi connectivity index (χ4n) is 1.64. The third kappa shape index (κ3) is 4.36. The lowest BCUT2D eigenvalue weighted by atomic mass is 10.2. The van der Waals surface area contributed by atoms with Crippen molar-refractivity contribution in [2.45, 2.75) is 4.90 Å². The van der Waals surface area contributed by atoms with Crippen LogP contribution in [0.25, 0.3) is 6.08 Å². The van der Waals surface area contributed by atoms with Crippen molar-refractivity contribution in [3.05, 3.63) is 59.9 Å². The van der Waals surface area contributed by atoms with E-state index in [9.17, 15) is 9.18 Å². The highest BCUT2D eigenvalue weighted by Gasteiger charge is 2.05. The molecule has 1 N–H and O–H groups in total. The molecule has 0 fully saturated rings. The van der Waals surface area contributed by atoms with Crippen LogP contribution in [0.15, 0.2) is 53.4 Å². The Labute approximate surface area is 126 Å². The van der Waals surface area contributed by atoms with Gasteiger partial charge >= 0.3 is 5.97 Å². The molecule has 0 saturated carbocycles. The molecule has 108 valence electrons. The molecule has 0 aliphatic heterocycles. The number of thioether (sulfide) groups is 1. The van der Waals surface area contributed by atoms with Gasteiger partial charge in [-0.3, -0.25) is 0 Å². The van der Waals surface area contributed by atoms with E-state index in [1.165, 1.54) is 18.2 Å². The SMILES string of the molecule is CSc1ccc(Oc2ccc(C=CC(=O)O)cc2F)cc1. The molecule has 0 unspecified atom stereocenters. The molecule has 0 spiro atoms. The van der Waals surface area contributed by atoms with Crippen LogP contribution < -0.4 is 4.74 Å². The van der Waals surface area contributed by atoms with E-state index in [0.29, 0.717) is 11.3 Å². The van der Waals surface area contributed by atoms with Gasteiger partial charge in [0, 0.05) is 11.0 Å². The maximum absolute atomic E-state index is 13.9. The number of benzene rings is 2. The standard InChI is InChI=1S/C16H13FO3S/c1-21-13-6-4-12(5-7-13)20-15-8-2-11(10-14(15)17)3-9-16(18)19/h2-10H,1H3,(H,18,19). The Bertz CT molecular complexity index is 666. The number of halogens is 1. The van der Waals surface area contributed by atoms with Crippen molar-refractivity contribution in [2.75, 3.05) is 6.26 Å². The topological polar surface area (TPSA) is 46.5 Å². The van der Waals surface area contributed by atoms with E-state index in [2.05, 4.69) is 0 Å². The summed E-state index contributed by atoms with van der Waals surface area (Å²) in [7, 11) is 0. The van der Waals surface area contributed by atoms with Crippen LogP contribution >= 0.6 is 11.8 Å². The van der Waals surface area contributed by atoms with E-state index in [4.69, 9.17) is 9.84 Å². The first-order valence-corrected chi connectivity index (χ1v) is 7.33. The lowest BCUT2D eigenvalue weighted by Crippen LogP contribution is -1.90. The minimum Gasteiger partial charge on any atom is -0.478 e. The molecule has 3 nitrogen and oxygen atoms in total. The molecule has 0 radical (unpaired) electrons. The smallest absolute Gasteiger partial charge is 0.328 e. The summed E-state index contributed by atoms with van der Waals surface area (Å²) in [6, 6.07) is 11.6. The number of aliphatic carboxylic acids is 1. The molecule has 0 aliphatic rings. The molecule has 0 aliphatic carbocycles. The van der Waals surface area contributed by atoms with Gasteiger partial charge in [0.25, 0.3) is 0 Å². The van der Waals surface area contributed by atoms with Crippen LogP contribution in [-0.4, -0.2) is 17.3 Å². The predicted octanol–water partition coefficient (Wildman–Crippen LogP) is 4.44. The first-order valence-electron chi connectivity index (χ1n) is 6.11. The maximum atomic E-state index is 13.9. The highest BCUT2D eigenvalue weighted by Crippen LogP contribution is 2.27. The number of carboxylic acids is 1. The van der Waals surface area contributed by atoms with Crippen molar-refractivity contribution in [3.8, 4) is 11.5 Å². The van der Waals surface area contributed by atoms with Crippen molar-refractivity contribution >= 4 is 23.8 Å². The minimum absolute atomic E-state index is 0.0966. The summed E-state index contributed by atoms with van der Waals surface area (Å²) in [5.41, 5.74) is 0.458. The zero-order chi connectivity index (χ0) is 15.2. The molecule has 0 bridgehead atoms. The van der Waals surface area contributed by atoms with Crippen LogP contribution in [0.1, 0.15) is 5.56 Å². The highest BCUT2D eigenvalue weighted by molar-refractivity contribution is 7.98. The van der Waals surface area contributed by atoms with Crippen LogP contribution in [0.2, 0.25) is 0 Å². The number of rotatable bonds is 5. The van der Waals surface area contributed by atoms with Crippen LogP contribution in [0.4, 0.5) is 4.39 Å². The predicted molar refractivity (Wildman–Crippen MR) is 81.4 cm³/mol. The fourth-order valence-corrected chi connectivity index (χ4v) is 2.05. The Morgan fingerprint density at radius 3 is 2.52 bits per heavy atom. The molecule has 0 aromatic heterocycles. The molecule has 0 heterocycles. The van der Waals surface area contributed by atoms with Gasteiger partial charge in [0.2, 0.25) is 0 Å². The molecule has 2 aromatic rings. The number of hydrogen-bond donors (Lipinski definition) is 1. The van der Waals surface area contributed by atoms with Crippen LogP contribution in [0, 0.1) is 5.82 Å². The lowest BCUT2D eigenvalue weighted by Gasteiger charge is -2.07. The minimum atomic E-state index is -1.08. The van der Waals surface area contributed by atoms with Gasteiger partial charge in [-0.2, -0.15) is 0 Å². The Morgan fingerprint density at radius 1 is 1.24 bits per heavy atom. The fraction of sp³-hybridized carbons (Fsp3) is 0.0625. The highest BCUT2D eigenvalue weighted by atomic mass is 32.2. The zero-order valence-electron chi connectivity index (χ0n) is 11.2. The van der Waals surface area contributed by atoms with Crippen molar-refractivity contribution in [2.24, 2.45) is 0 Å². The van der Waals surface area contributed by atoms with Crippen LogP contribution in [0.3, 0.4) is 0 Å². The van der Waals surface area contributed by atoms with Gasteiger partial charge in [-0.1, -0.05) is 6.07 Å². The van der Waals surface area contributed by atoms with Gasteiger partial charge in [0.1, 0.15) is 5.75 Å². The van der Waals surface area contributed by atoms with Gasteiger partial charge in [0.05, 0.1) is 0 Å². The van der Waals surface area contributed by atoms with Gasteiger partial charge in [-0.15, -0.1) is 11.8 Å². The van der Waals surface area contributed by atoms with Gasteiger partial charge in [-0.05, 0) is 54.3 Å². The van der Waals surface area contributed by atoms with Gasteiger partial charge < -0.3 is 9.84 Å². The number of ether oxygens (including phenoxy) is 1. The summed E-state index contributed by atoms with van der Waals surface area (Å²) >= 11 is 1.61. The summed E-state index contributed by atoms with van der Waals surface area (Å²) in [6.07, 6.45) is 4.25. The normalized spacial score (nSPS) is 10.8. The van der Waals surface area contributed by atoms with E-state index in [1.807, 2.05) is 18.4 Å². The largest absolute Gasteiger partial charge is 0.478 e. The van der Waals surface area contributed by atoms with E-state index in [0.717, 1.165) is 11.0 Å². The molecule has 0 amide bonds. The number of carbonyl (C=O) groups is 1. The quantitative estimate of drug-likeness (QED) is 0.655. The van der Waals surface area contributed by atoms with Gasteiger partial charge in [0.15, 0.2) is 11.6 Å². The lowest BCUT2D eigenvalue weighted by molar-refractivity contribution is -0.131. The molecule has 5 heteroatoms. The second kappa shape index (κ2) is 6.95. The first-order chi connectivity index (χ1) is 10.1. The Kier molecular flexibility index (Phi) is 5.00. The van der Waals surface area contributed by atoms with E-state index in [1.54, 1.807) is 30.0 Å². The second-order valence-corrected chi connectivity index (χ2v) is 5.02. The van der Waals surface area contributed by atoms with Gasteiger partial charge in [-0.25, -0.2) is 9.18 Å². The maximum Gasteiger partial charge on any atom is 0.328 e. The number of hydrogen-bond acceptors (Lipinski definition) is 3. The van der Waals surface area contributed by atoms with E-state index >= 15 is 0 Å². The van der Waals surface area contributed by atoms with Crippen LogP contribution in [-0.2, 0) is 4.79 Å². The van der Waals surface area contributed by atoms with E-state index < -0.39 is 11.8 Å². The van der Waals surface area contributed by atoms with Crippen molar-refractivity contribution in [1.29, 1.82) is 0 Å². The molecule has 0 saturated heterocycles. The first kappa shape index (κ1) is 15.1. The Hall–Kier alpha value is -2.27. The van der Waals surface area contributed by atoms with Crippen molar-refractivity contribution in [1.82, 2.24) is 0 Å². The summed E-state index contributed by atoms with van der Waals surface area (Å²) in [5.74, 6) is -0.985. The average Bonchev–Trinajstić information content (AvgIpc) is 2.48. The Morgan fingerprint density at radius 2 is 1.95 bits per heavy atom. The Balaban J connectivity index is 2.14.